The molecule has 1 aromatic heterocycles. The van der Waals surface area contributed by atoms with Gasteiger partial charge in [0.15, 0.2) is 0 Å². The summed E-state index contributed by atoms with van der Waals surface area (Å²) < 4.78 is 19.0. The van der Waals surface area contributed by atoms with E-state index in [4.69, 9.17) is 9.63 Å². The van der Waals surface area contributed by atoms with Crippen LogP contribution in [0.5, 0.6) is 0 Å². The van der Waals surface area contributed by atoms with Crippen LogP contribution in [0.25, 0.3) is 11.4 Å². The Hall–Kier alpha value is -3.06. The molecule has 2 fully saturated rings. The highest BCUT2D eigenvalue weighted by molar-refractivity contribution is 5.71. The molecular weight excluding hydrogens is 421 g/mol. The lowest BCUT2D eigenvalue weighted by Crippen LogP contribution is -2.49. The summed E-state index contributed by atoms with van der Waals surface area (Å²) in [5.41, 5.74) is 3.29. The SMILES string of the molecule is O=C(O)C1CN(Cc2ccc(-c3noc(CCC4(c5ccc(F)cc5)CCCC4)n3)cc2)C1. The van der Waals surface area contributed by atoms with Crippen molar-refractivity contribution in [3.63, 3.8) is 0 Å². The van der Waals surface area contributed by atoms with Crippen molar-refractivity contribution in [2.45, 2.75) is 50.5 Å². The van der Waals surface area contributed by atoms with Crippen molar-refractivity contribution in [2.24, 2.45) is 5.92 Å². The summed E-state index contributed by atoms with van der Waals surface area (Å²) in [5.74, 6) is 0.0460. The molecule has 172 valence electrons. The van der Waals surface area contributed by atoms with E-state index in [1.165, 1.54) is 18.4 Å². The predicted octanol–water partition coefficient (Wildman–Crippen LogP) is 4.84. The maximum atomic E-state index is 13.4. The lowest BCUT2D eigenvalue weighted by Gasteiger charge is -2.36. The van der Waals surface area contributed by atoms with Crippen molar-refractivity contribution >= 4 is 5.97 Å². The highest BCUT2D eigenvalue weighted by Gasteiger charge is 2.36. The van der Waals surface area contributed by atoms with E-state index in [9.17, 15) is 9.18 Å². The largest absolute Gasteiger partial charge is 0.481 e. The first-order valence-corrected chi connectivity index (χ1v) is 11.6. The van der Waals surface area contributed by atoms with Gasteiger partial charge in [-0.25, -0.2) is 4.39 Å². The van der Waals surface area contributed by atoms with Gasteiger partial charge in [-0.3, -0.25) is 9.69 Å². The summed E-state index contributed by atoms with van der Waals surface area (Å²) in [7, 11) is 0. The molecular formula is C26H28FN3O3. The van der Waals surface area contributed by atoms with Crippen LogP contribution in [0.3, 0.4) is 0 Å². The number of hydrogen-bond donors (Lipinski definition) is 1. The second kappa shape index (κ2) is 9.06. The van der Waals surface area contributed by atoms with E-state index in [-0.39, 0.29) is 17.2 Å². The fraction of sp³-hybridized carbons (Fsp3) is 0.423. The minimum atomic E-state index is -0.717. The lowest BCUT2D eigenvalue weighted by molar-refractivity contribution is -0.147. The molecule has 2 heterocycles. The smallest absolute Gasteiger partial charge is 0.309 e. The van der Waals surface area contributed by atoms with E-state index < -0.39 is 5.97 Å². The second-order valence-corrected chi connectivity index (χ2v) is 9.43. The van der Waals surface area contributed by atoms with Crippen molar-refractivity contribution in [1.82, 2.24) is 15.0 Å². The highest BCUT2D eigenvalue weighted by atomic mass is 19.1. The number of benzene rings is 2. The standard InChI is InChI=1S/C26H28FN3O3/c27-22-9-7-21(8-10-22)26(12-1-2-13-26)14-11-23-28-24(29-33-23)19-5-3-18(4-6-19)15-30-16-20(17-30)25(31)32/h3-10,20H,1-2,11-17H2,(H,31,32). The van der Waals surface area contributed by atoms with E-state index in [0.29, 0.717) is 31.2 Å². The predicted molar refractivity (Wildman–Crippen MR) is 121 cm³/mol. The summed E-state index contributed by atoms with van der Waals surface area (Å²) in [5, 5.41) is 13.2. The Kier molecular flexibility index (Phi) is 5.98. The lowest BCUT2D eigenvalue weighted by atomic mass is 9.75. The molecule has 2 aromatic carbocycles. The van der Waals surface area contributed by atoms with Gasteiger partial charge >= 0.3 is 5.97 Å². The first kappa shape index (κ1) is 21.8. The summed E-state index contributed by atoms with van der Waals surface area (Å²) >= 11 is 0. The quantitative estimate of drug-likeness (QED) is 0.530. The van der Waals surface area contributed by atoms with Crippen LogP contribution >= 0.6 is 0 Å². The van der Waals surface area contributed by atoms with Gasteiger partial charge in [-0.1, -0.05) is 54.4 Å². The fourth-order valence-corrected chi connectivity index (χ4v) is 5.23. The number of aliphatic carboxylic acids is 1. The molecule has 1 aliphatic heterocycles. The van der Waals surface area contributed by atoms with E-state index >= 15 is 0 Å². The minimum Gasteiger partial charge on any atom is -0.481 e. The third-order valence-corrected chi connectivity index (χ3v) is 7.23. The molecule has 1 saturated carbocycles. The average molecular weight is 450 g/mol. The zero-order chi connectivity index (χ0) is 22.8. The molecule has 2 aliphatic rings. The van der Waals surface area contributed by atoms with Gasteiger partial charge in [0.05, 0.1) is 5.92 Å². The van der Waals surface area contributed by atoms with Gasteiger partial charge in [0.25, 0.3) is 0 Å². The van der Waals surface area contributed by atoms with Crippen LogP contribution in [0.4, 0.5) is 4.39 Å². The number of likely N-dealkylation sites (tertiary alicyclic amines) is 1. The van der Waals surface area contributed by atoms with Gasteiger partial charge in [-0.15, -0.1) is 0 Å². The molecule has 6 nitrogen and oxygen atoms in total. The number of aromatic nitrogens is 2. The van der Waals surface area contributed by atoms with Crippen LogP contribution in [-0.4, -0.2) is 39.2 Å². The Labute approximate surface area is 192 Å². The third kappa shape index (κ3) is 4.69. The normalized spacial score (nSPS) is 18.3. The van der Waals surface area contributed by atoms with Gasteiger partial charge in [-0.2, -0.15) is 4.98 Å². The molecule has 0 amide bonds. The van der Waals surface area contributed by atoms with E-state index in [2.05, 4.69) is 15.0 Å². The molecule has 0 unspecified atom stereocenters. The molecule has 1 aliphatic carbocycles. The molecule has 7 heteroatoms. The van der Waals surface area contributed by atoms with Gasteiger partial charge in [-0.05, 0) is 47.9 Å². The first-order chi connectivity index (χ1) is 16.0. The Balaban J connectivity index is 1.20. The Bertz CT molecular complexity index is 1100. The number of hydrogen-bond acceptors (Lipinski definition) is 5. The molecule has 0 spiro atoms. The van der Waals surface area contributed by atoms with Crippen molar-refractivity contribution in [3.8, 4) is 11.4 Å². The molecule has 1 saturated heterocycles. The molecule has 0 radical (unpaired) electrons. The van der Waals surface area contributed by atoms with Gasteiger partial charge < -0.3 is 9.63 Å². The molecule has 5 rings (SSSR count). The number of nitrogens with zero attached hydrogens (tertiary/aromatic N) is 3. The van der Waals surface area contributed by atoms with Crippen LogP contribution in [0.2, 0.25) is 0 Å². The van der Waals surface area contributed by atoms with Crippen LogP contribution in [0.1, 0.15) is 49.1 Å². The number of aryl methyl sites for hydroxylation is 1. The summed E-state index contributed by atoms with van der Waals surface area (Å²) in [6, 6.07) is 15.0. The van der Waals surface area contributed by atoms with Crippen LogP contribution in [0, 0.1) is 11.7 Å². The zero-order valence-corrected chi connectivity index (χ0v) is 18.5. The second-order valence-electron chi connectivity index (χ2n) is 9.43. The summed E-state index contributed by atoms with van der Waals surface area (Å²) in [6.45, 7) is 1.95. The summed E-state index contributed by atoms with van der Waals surface area (Å²) in [4.78, 5) is 17.7. The number of carboxylic acids is 1. The van der Waals surface area contributed by atoms with Gasteiger partial charge in [0.1, 0.15) is 5.82 Å². The Morgan fingerprint density at radius 1 is 1.09 bits per heavy atom. The van der Waals surface area contributed by atoms with E-state index in [1.54, 1.807) is 12.1 Å². The molecule has 0 atom stereocenters. The van der Waals surface area contributed by atoms with Crippen LogP contribution in [0.15, 0.2) is 53.1 Å². The molecule has 3 aromatic rings. The number of rotatable bonds is 8. The maximum absolute atomic E-state index is 13.4. The Morgan fingerprint density at radius 2 is 1.79 bits per heavy atom. The minimum absolute atomic E-state index is 0.0560. The fourth-order valence-electron chi connectivity index (χ4n) is 5.23. The zero-order valence-electron chi connectivity index (χ0n) is 18.5. The van der Waals surface area contributed by atoms with Crippen LogP contribution in [-0.2, 0) is 23.2 Å². The number of carbonyl (C=O) groups is 1. The van der Waals surface area contributed by atoms with E-state index in [1.807, 2.05) is 36.4 Å². The molecule has 33 heavy (non-hydrogen) atoms. The van der Waals surface area contributed by atoms with Gasteiger partial charge in [0.2, 0.25) is 11.7 Å². The highest BCUT2D eigenvalue weighted by Crippen LogP contribution is 2.44. The van der Waals surface area contributed by atoms with Gasteiger partial charge in [0, 0.05) is 31.6 Å². The van der Waals surface area contributed by atoms with Crippen molar-refractivity contribution in [3.05, 3.63) is 71.4 Å². The van der Waals surface area contributed by atoms with Crippen molar-refractivity contribution in [2.75, 3.05) is 13.1 Å². The number of halogens is 1. The maximum Gasteiger partial charge on any atom is 0.309 e. The molecule has 0 bridgehead atoms. The average Bonchev–Trinajstić information content (AvgIpc) is 3.46. The van der Waals surface area contributed by atoms with Crippen LogP contribution < -0.4 is 0 Å². The van der Waals surface area contributed by atoms with E-state index in [0.717, 1.165) is 36.9 Å². The first-order valence-electron chi connectivity index (χ1n) is 11.6. The summed E-state index contributed by atoms with van der Waals surface area (Å²) in [6.07, 6.45) is 6.19. The topological polar surface area (TPSA) is 79.5 Å². The monoisotopic (exact) mass is 449 g/mol. The number of carboxylic acid groups (broad SMARTS) is 1. The third-order valence-electron chi connectivity index (χ3n) is 7.23. The van der Waals surface area contributed by atoms with Crippen molar-refractivity contribution < 1.29 is 18.8 Å². The molecule has 1 N–H and O–H groups in total. The Morgan fingerprint density at radius 3 is 2.45 bits per heavy atom. The van der Waals surface area contributed by atoms with Crippen molar-refractivity contribution in [1.29, 1.82) is 0 Å².